The monoisotopic (exact) mass is 190 g/mol. The zero-order valence-electron chi connectivity index (χ0n) is 8.94. The van der Waals surface area contributed by atoms with E-state index >= 15 is 0 Å². The van der Waals surface area contributed by atoms with E-state index in [2.05, 4.69) is 0 Å². The lowest BCUT2D eigenvalue weighted by molar-refractivity contribution is 0.343. The topological polar surface area (TPSA) is 54.1 Å². The Morgan fingerprint density at radius 1 is 0.929 bits per heavy atom. The maximum atomic E-state index is 8.52. The average Bonchev–Trinajstić information content (AvgIpc) is 2.11. The Hall–Kier alpha value is -1.94. The fourth-order valence-electron chi connectivity index (χ4n) is 0.956. The molecule has 0 aliphatic heterocycles. The maximum Gasteiger partial charge on any atom is 0.129 e. The van der Waals surface area contributed by atoms with Gasteiger partial charge in [0.1, 0.15) is 23.5 Å². The summed E-state index contributed by atoms with van der Waals surface area (Å²) in [5.74, 6) is 0.924. The van der Waals surface area contributed by atoms with Crippen LogP contribution < -0.4 is 0 Å². The van der Waals surface area contributed by atoms with Crippen LogP contribution in [0, 0.1) is 22.7 Å². The third-order valence-electron chi connectivity index (χ3n) is 1.56. The normalized spacial score (nSPS) is 7.86. The van der Waals surface area contributed by atoms with Gasteiger partial charge in [-0.2, -0.15) is 10.5 Å². The van der Waals surface area contributed by atoms with Gasteiger partial charge < -0.3 is 9.80 Å². The highest BCUT2D eigenvalue weighted by Gasteiger charge is 2.00. The van der Waals surface area contributed by atoms with E-state index in [9.17, 15) is 0 Å². The molecule has 0 unspecified atom stereocenters. The van der Waals surface area contributed by atoms with Gasteiger partial charge in [-0.3, -0.25) is 0 Å². The number of rotatable bonds is 3. The molecular formula is C10H14N4. The molecule has 0 aliphatic rings. The van der Waals surface area contributed by atoms with Gasteiger partial charge in [0, 0.05) is 28.2 Å². The van der Waals surface area contributed by atoms with Crippen LogP contribution in [0.25, 0.3) is 0 Å². The molecule has 0 bridgehead atoms. The predicted octanol–water partition coefficient (Wildman–Crippen LogP) is 0.925. The average molecular weight is 190 g/mol. The molecule has 0 aromatic carbocycles. The molecule has 0 saturated heterocycles. The van der Waals surface area contributed by atoms with Crippen LogP contribution in [0.2, 0.25) is 0 Å². The van der Waals surface area contributed by atoms with E-state index in [1.807, 2.05) is 38.0 Å². The van der Waals surface area contributed by atoms with Crippen LogP contribution in [-0.2, 0) is 0 Å². The quantitative estimate of drug-likeness (QED) is 0.490. The van der Waals surface area contributed by atoms with Crippen molar-refractivity contribution in [2.75, 3.05) is 28.2 Å². The summed E-state index contributed by atoms with van der Waals surface area (Å²) < 4.78 is 0. The van der Waals surface area contributed by atoms with Crippen LogP contribution in [0.4, 0.5) is 0 Å². The maximum absolute atomic E-state index is 8.52. The molecule has 0 atom stereocenters. The lowest BCUT2D eigenvalue weighted by Crippen LogP contribution is -2.24. The molecule has 0 amide bonds. The zero-order chi connectivity index (χ0) is 11.1. The highest BCUT2D eigenvalue weighted by molar-refractivity contribution is 5.38. The van der Waals surface area contributed by atoms with Gasteiger partial charge >= 0.3 is 0 Å². The molecule has 4 heteroatoms. The van der Waals surface area contributed by atoms with Crippen molar-refractivity contribution in [1.29, 1.82) is 10.5 Å². The third-order valence-corrected chi connectivity index (χ3v) is 1.56. The highest BCUT2D eigenvalue weighted by Crippen LogP contribution is 2.03. The smallest absolute Gasteiger partial charge is 0.129 e. The van der Waals surface area contributed by atoms with Crippen LogP contribution in [-0.4, -0.2) is 38.0 Å². The lowest BCUT2D eigenvalue weighted by Gasteiger charge is -2.23. The van der Waals surface area contributed by atoms with Crippen LogP contribution in [0.3, 0.4) is 0 Å². The summed E-state index contributed by atoms with van der Waals surface area (Å²) in [6.45, 7) is 0. The number of nitrogens with zero attached hydrogens (tertiary/aromatic N) is 4. The summed E-state index contributed by atoms with van der Waals surface area (Å²) in [6.07, 6.45) is 3.25. The summed E-state index contributed by atoms with van der Waals surface area (Å²) in [5.41, 5.74) is 0.103. The molecule has 0 saturated carbocycles. The molecule has 0 heterocycles. The molecule has 0 radical (unpaired) electrons. The Morgan fingerprint density at radius 2 is 1.36 bits per heavy atom. The Labute approximate surface area is 84.9 Å². The van der Waals surface area contributed by atoms with Crippen LogP contribution in [0.5, 0.6) is 0 Å². The molecule has 0 N–H and O–H groups in total. The summed E-state index contributed by atoms with van der Waals surface area (Å²) in [4.78, 5) is 3.81. The van der Waals surface area contributed by atoms with Gasteiger partial charge in [0.05, 0.1) is 0 Å². The van der Waals surface area contributed by atoms with E-state index in [0.29, 0.717) is 0 Å². The molecule has 0 spiro atoms. The number of hydrogen-bond donors (Lipinski definition) is 0. The molecule has 0 aromatic heterocycles. The van der Waals surface area contributed by atoms with E-state index in [1.54, 1.807) is 18.2 Å². The Balaban J connectivity index is 4.89. The van der Waals surface area contributed by atoms with Crippen molar-refractivity contribution < 1.29 is 0 Å². The van der Waals surface area contributed by atoms with E-state index < -0.39 is 0 Å². The largest absolute Gasteiger partial charge is 0.364 e. The minimum atomic E-state index is 0.103. The Kier molecular flexibility index (Phi) is 4.88. The van der Waals surface area contributed by atoms with Crippen molar-refractivity contribution in [3.63, 3.8) is 0 Å². The second kappa shape index (κ2) is 5.66. The highest BCUT2D eigenvalue weighted by atomic mass is 15.3. The molecular weight excluding hydrogens is 176 g/mol. The standard InChI is InChI=1S/C10H14N4/c1-13(2)10(14(3)4)6-5-9(7-11)8-12/h5-6H,1-4H3. The number of nitriles is 2. The van der Waals surface area contributed by atoms with Gasteiger partial charge in [0.15, 0.2) is 0 Å². The molecule has 74 valence electrons. The molecule has 0 aromatic rings. The van der Waals surface area contributed by atoms with Crippen molar-refractivity contribution in [3.8, 4) is 12.1 Å². The first-order chi connectivity index (χ1) is 6.52. The van der Waals surface area contributed by atoms with Gasteiger partial charge in [-0.1, -0.05) is 0 Å². The van der Waals surface area contributed by atoms with Gasteiger partial charge in [0.2, 0.25) is 0 Å². The Bertz CT molecular complexity index is 297. The summed E-state index contributed by atoms with van der Waals surface area (Å²) >= 11 is 0. The minimum absolute atomic E-state index is 0.103. The fourth-order valence-corrected chi connectivity index (χ4v) is 0.956. The molecule has 0 fully saturated rings. The van der Waals surface area contributed by atoms with E-state index in [1.165, 1.54) is 6.08 Å². The van der Waals surface area contributed by atoms with Crippen molar-refractivity contribution >= 4 is 0 Å². The lowest BCUT2D eigenvalue weighted by atomic mass is 10.3. The van der Waals surface area contributed by atoms with Crippen LogP contribution >= 0.6 is 0 Å². The van der Waals surface area contributed by atoms with Crippen LogP contribution in [0.1, 0.15) is 0 Å². The first-order valence-electron chi connectivity index (χ1n) is 4.09. The molecule has 0 aliphatic carbocycles. The van der Waals surface area contributed by atoms with Gasteiger partial charge in [-0.15, -0.1) is 0 Å². The number of hydrogen-bond acceptors (Lipinski definition) is 4. The molecule has 14 heavy (non-hydrogen) atoms. The first kappa shape index (κ1) is 12.1. The van der Waals surface area contributed by atoms with Crippen molar-refractivity contribution in [2.45, 2.75) is 0 Å². The predicted molar refractivity (Wildman–Crippen MR) is 54.8 cm³/mol. The zero-order valence-corrected chi connectivity index (χ0v) is 8.94. The second-order valence-corrected chi connectivity index (χ2v) is 3.12. The summed E-state index contributed by atoms with van der Waals surface area (Å²) in [7, 11) is 7.60. The van der Waals surface area contributed by atoms with Crippen molar-refractivity contribution in [3.05, 3.63) is 23.5 Å². The minimum Gasteiger partial charge on any atom is -0.364 e. The summed E-state index contributed by atoms with van der Waals surface area (Å²) in [5, 5.41) is 17.0. The van der Waals surface area contributed by atoms with Gasteiger partial charge in [-0.25, -0.2) is 0 Å². The first-order valence-corrected chi connectivity index (χ1v) is 4.09. The SMILES string of the molecule is CN(C)C(=CC=C(C#N)C#N)N(C)C. The van der Waals surface area contributed by atoms with E-state index in [-0.39, 0.29) is 5.57 Å². The third kappa shape index (κ3) is 3.64. The number of allylic oxidation sites excluding steroid dienone is 3. The van der Waals surface area contributed by atoms with Crippen molar-refractivity contribution in [1.82, 2.24) is 9.80 Å². The van der Waals surface area contributed by atoms with Crippen molar-refractivity contribution in [2.24, 2.45) is 0 Å². The van der Waals surface area contributed by atoms with Gasteiger partial charge in [0.25, 0.3) is 0 Å². The molecule has 4 nitrogen and oxygen atoms in total. The van der Waals surface area contributed by atoms with Crippen LogP contribution in [0.15, 0.2) is 23.5 Å². The second-order valence-electron chi connectivity index (χ2n) is 3.12. The Morgan fingerprint density at radius 3 is 1.64 bits per heavy atom. The van der Waals surface area contributed by atoms with Gasteiger partial charge in [-0.05, 0) is 12.2 Å². The fraction of sp³-hybridized carbons (Fsp3) is 0.400. The summed E-state index contributed by atoms with van der Waals surface area (Å²) in [6, 6.07) is 3.61. The van der Waals surface area contributed by atoms with E-state index in [0.717, 1.165) is 5.82 Å². The molecule has 0 rings (SSSR count). The van der Waals surface area contributed by atoms with E-state index in [4.69, 9.17) is 10.5 Å².